The Bertz CT molecular complexity index is 875. The van der Waals surface area contributed by atoms with E-state index in [1.807, 2.05) is 13.8 Å². The summed E-state index contributed by atoms with van der Waals surface area (Å²) in [5.41, 5.74) is 1.52. The number of sulfone groups is 1. The van der Waals surface area contributed by atoms with Crippen LogP contribution in [-0.2, 0) is 16.4 Å². The number of hydrogen-bond donors (Lipinski definition) is 2. The molecule has 8 heteroatoms. The molecule has 0 aliphatic heterocycles. The number of furan rings is 1. The largest absolute Gasteiger partial charge is 0.459 e. The van der Waals surface area contributed by atoms with Crippen LogP contribution < -0.4 is 10.6 Å². The minimum absolute atomic E-state index is 0.0493. The summed E-state index contributed by atoms with van der Waals surface area (Å²) in [4.78, 5) is 4.13. The molecule has 0 spiro atoms. The fourth-order valence-corrected chi connectivity index (χ4v) is 3.25. The molecule has 138 valence electrons. The maximum absolute atomic E-state index is 13.4. The van der Waals surface area contributed by atoms with Gasteiger partial charge in [0.05, 0.1) is 12.3 Å². The van der Waals surface area contributed by atoms with E-state index in [0.717, 1.165) is 10.9 Å². The van der Waals surface area contributed by atoms with Gasteiger partial charge in [-0.25, -0.2) is 12.8 Å². The molecular formula is C17H24FN3O3S. The summed E-state index contributed by atoms with van der Waals surface area (Å²) in [5, 5.41) is 7.03. The van der Waals surface area contributed by atoms with E-state index in [2.05, 4.69) is 15.6 Å². The highest BCUT2D eigenvalue weighted by Gasteiger charge is 2.13. The number of nitrogens with zero attached hydrogens (tertiary/aromatic N) is 1. The first-order chi connectivity index (χ1) is 11.7. The minimum Gasteiger partial charge on any atom is -0.459 e. The van der Waals surface area contributed by atoms with Gasteiger partial charge in [-0.3, -0.25) is 4.99 Å². The number of aliphatic imine (C=N–C) groups is 1. The molecule has 2 rings (SSSR count). The maximum atomic E-state index is 13.4. The van der Waals surface area contributed by atoms with Crippen LogP contribution in [0, 0.1) is 12.7 Å². The van der Waals surface area contributed by atoms with Crippen LogP contribution in [0.25, 0.3) is 11.0 Å². The van der Waals surface area contributed by atoms with Gasteiger partial charge in [0.1, 0.15) is 27.0 Å². The fourth-order valence-electron chi connectivity index (χ4n) is 2.47. The van der Waals surface area contributed by atoms with Crippen LogP contribution in [0.1, 0.15) is 24.7 Å². The number of aryl methyl sites for hydroxylation is 1. The molecule has 0 amide bonds. The third-order valence-corrected chi connectivity index (χ3v) is 4.92. The van der Waals surface area contributed by atoms with Crippen molar-refractivity contribution >= 4 is 26.8 Å². The summed E-state index contributed by atoms with van der Waals surface area (Å²) < 4.78 is 41.6. The number of benzene rings is 1. The second kappa shape index (κ2) is 7.86. The lowest BCUT2D eigenvalue weighted by Crippen LogP contribution is -2.42. The minimum atomic E-state index is -2.99. The van der Waals surface area contributed by atoms with Gasteiger partial charge < -0.3 is 15.1 Å². The predicted octanol–water partition coefficient (Wildman–Crippen LogP) is 2.37. The Labute approximate surface area is 147 Å². The first kappa shape index (κ1) is 19.2. The van der Waals surface area contributed by atoms with Crippen molar-refractivity contribution in [2.24, 2.45) is 4.99 Å². The summed E-state index contributed by atoms with van der Waals surface area (Å²) in [6.07, 6.45) is 1.71. The second-order valence-corrected chi connectivity index (χ2v) is 8.44. The van der Waals surface area contributed by atoms with Crippen molar-refractivity contribution in [2.75, 3.05) is 19.1 Å². The second-order valence-electron chi connectivity index (χ2n) is 6.18. The van der Waals surface area contributed by atoms with Gasteiger partial charge in [-0.1, -0.05) is 0 Å². The Balaban J connectivity index is 1.98. The molecule has 1 aromatic carbocycles. The van der Waals surface area contributed by atoms with Gasteiger partial charge in [-0.05, 0) is 38.5 Å². The average Bonchev–Trinajstić information content (AvgIpc) is 2.85. The average molecular weight is 369 g/mol. The van der Waals surface area contributed by atoms with Crippen LogP contribution in [0.5, 0.6) is 0 Å². The molecule has 2 N–H and O–H groups in total. The van der Waals surface area contributed by atoms with Gasteiger partial charge in [0, 0.05) is 30.3 Å². The van der Waals surface area contributed by atoms with Gasteiger partial charge in [-0.15, -0.1) is 0 Å². The lowest BCUT2D eigenvalue weighted by molar-refractivity contribution is 0.530. The number of guanidine groups is 1. The van der Waals surface area contributed by atoms with Crippen LogP contribution in [0.2, 0.25) is 0 Å². The molecule has 0 fully saturated rings. The number of fused-ring (bicyclic) bond motifs is 1. The van der Waals surface area contributed by atoms with E-state index in [0.29, 0.717) is 30.3 Å². The van der Waals surface area contributed by atoms with Gasteiger partial charge in [0.2, 0.25) is 0 Å². The van der Waals surface area contributed by atoms with E-state index in [1.165, 1.54) is 18.4 Å². The van der Waals surface area contributed by atoms with E-state index >= 15 is 0 Å². The Kier molecular flexibility index (Phi) is 6.05. The van der Waals surface area contributed by atoms with E-state index in [9.17, 15) is 12.8 Å². The van der Waals surface area contributed by atoms with Gasteiger partial charge in [0.15, 0.2) is 5.96 Å². The standard InChI is InChI=1S/C17H24FN3O3S/c1-11(7-8-25(4,22)23)21-17(19-3)20-10-16-12(2)14-9-13(18)5-6-15(14)24-16/h5-6,9,11H,7-8,10H2,1-4H3,(H2,19,20,21). The molecule has 0 aliphatic rings. The number of rotatable bonds is 6. The molecular weight excluding hydrogens is 345 g/mol. The topological polar surface area (TPSA) is 83.7 Å². The van der Waals surface area contributed by atoms with Crippen LogP contribution in [0.15, 0.2) is 27.6 Å². The summed E-state index contributed by atoms with van der Waals surface area (Å²) >= 11 is 0. The van der Waals surface area contributed by atoms with Gasteiger partial charge in [0.25, 0.3) is 0 Å². The van der Waals surface area contributed by atoms with E-state index in [4.69, 9.17) is 4.42 Å². The van der Waals surface area contributed by atoms with Crippen molar-refractivity contribution in [3.8, 4) is 0 Å². The molecule has 0 radical (unpaired) electrons. The van der Waals surface area contributed by atoms with Crippen LogP contribution in [0.3, 0.4) is 0 Å². The monoisotopic (exact) mass is 369 g/mol. The number of halogens is 1. The number of nitrogens with one attached hydrogen (secondary N) is 2. The summed E-state index contributed by atoms with van der Waals surface area (Å²) in [5.74, 6) is 1.07. The summed E-state index contributed by atoms with van der Waals surface area (Å²) in [7, 11) is -1.35. The highest BCUT2D eigenvalue weighted by molar-refractivity contribution is 7.90. The van der Waals surface area contributed by atoms with E-state index in [-0.39, 0.29) is 17.6 Å². The molecule has 1 heterocycles. The molecule has 2 aromatic rings. The third-order valence-electron chi connectivity index (χ3n) is 3.94. The lowest BCUT2D eigenvalue weighted by atomic mass is 10.1. The third kappa shape index (κ3) is 5.45. The first-order valence-electron chi connectivity index (χ1n) is 8.02. The van der Waals surface area contributed by atoms with Crippen LogP contribution >= 0.6 is 0 Å². The summed E-state index contributed by atoms with van der Waals surface area (Å²) in [6, 6.07) is 4.39. The van der Waals surface area contributed by atoms with Crippen molar-refractivity contribution < 1.29 is 17.2 Å². The number of hydrogen-bond acceptors (Lipinski definition) is 4. The Morgan fingerprint density at radius 1 is 1.40 bits per heavy atom. The zero-order valence-electron chi connectivity index (χ0n) is 14.9. The summed E-state index contributed by atoms with van der Waals surface area (Å²) in [6.45, 7) is 4.17. The predicted molar refractivity (Wildman–Crippen MR) is 98.0 cm³/mol. The highest BCUT2D eigenvalue weighted by Crippen LogP contribution is 2.25. The van der Waals surface area contributed by atoms with Gasteiger partial charge >= 0.3 is 0 Å². The quantitative estimate of drug-likeness (QED) is 0.603. The van der Waals surface area contributed by atoms with Crippen molar-refractivity contribution in [2.45, 2.75) is 32.9 Å². The SMILES string of the molecule is CN=C(NCc1oc2ccc(F)cc2c1C)NC(C)CCS(C)(=O)=O. The first-order valence-corrected chi connectivity index (χ1v) is 10.1. The van der Waals surface area contributed by atoms with Gasteiger partial charge in [-0.2, -0.15) is 0 Å². The van der Waals surface area contributed by atoms with E-state index in [1.54, 1.807) is 13.1 Å². The molecule has 1 unspecified atom stereocenters. The molecule has 0 bridgehead atoms. The molecule has 25 heavy (non-hydrogen) atoms. The van der Waals surface area contributed by atoms with Crippen molar-refractivity contribution in [1.29, 1.82) is 0 Å². The fraction of sp³-hybridized carbons (Fsp3) is 0.471. The van der Waals surface area contributed by atoms with E-state index < -0.39 is 9.84 Å². The Morgan fingerprint density at radius 2 is 2.12 bits per heavy atom. The van der Waals surface area contributed by atoms with Crippen LogP contribution in [-0.4, -0.2) is 39.5 Å². The molecule has 0 aliphatic carbocycles. The molecule has 6 nitrogen and oxygen atoms in total. The smallest absolute Gasteiger partial charge is 0.191 e. The molecule has 1 aromatic heterocycles. The normalized spacial score (nSPS) is 13.9. The van der Waals surface area contributed by atoms with Crippen LogP contribution in [0.4, 0.5) is 4.39 Å². The molecule has 0 saturated carbocycles. The highest BCUT2D eigenvalue weighted by atomic mass is 32.2. The lowest BCUT2D eigenvalue weighted by Gasteiger charge is -2.17. The zero-order chi connectivity index (χ0) is 18.6. The van der Waals surface area contributed by atoms with Crippen molar-refractivity contribution in [1.82, 2.24) is 10.6 Å². The van der Waals surface area contributed by atoms with Crippen molar-refractivity contribution in [3.05, 3.63) is 35.3 Å². The molecule has 1 atom stereocenters. The maximum Gasteiger partial charge on any atom is 0.191 e. The zero-order valence-corrected chi connectivity index (χ0v) is 15.7. The Hall–Kier alpha value is -2.09. The Morgan fingerprint density at radius 3 is 2.76 bits per heavy atom. The van der Waals surface area contributed by atoms with Crippen molar-refractivity contribution in [3.63, 3.8) is 0 Å². The molecule has 0 saturated heterocycles.